The maximum Gasteiger partial charge on any atom is 0.290 e. The van der Waals surface area contributed by atoms with E-state index in [0.29, 0.717) is 24.3 Å². The molecule has 1 aliphatic carbocycles. The van der Waals surface area contributed by atoms with Crippen molar-refractivity contribution in [2.24, 2.45) is 18.9 Å². The van der Waals surface area contributed by atoms with Gasteiger partial charge in [-0.25, -0.2) is 0 Å². The average Bonchev–Trinajstić information content (AvgIpc) is 3.48. The Morgan fingerprint density at radius 3 is 2.48 bits per heavy atom. The van der Waals surface area contributed by atoms with Crippen LogP contribution in [0.4, 0.5) is 0 Å². The summed E-state index contributed by atoms with van der Waals surface area (Å²) < 4.78 is 2.11. The van der Waals surface area contributed by atoms with E-state index in [4.69, 9.17) is 9.90 Å². The maximum absolute atomic E-state index is 13.1. The Kier molecular flexibility index (Phi) is 6.62. The first-order chi connectivity index (χ1) is 15.0. The average molecular weight is 428 g/mol. The van der Waals surface area contributed by atoms with E-state index in [1.165, 1.54) is 23.7 Å². The van der Waals surface area contributed by atoms with E-state index < -0.39 is 0 Å². The number of carbonyl (C=O) groups excluding carboxylic acids is 1. The van der Waals surface area contributed by atoms with Crippen molar-refractivity contribution in [3.8, 4) is 0 Å². The predicted molar refractivity (Wildman–Crippen MR) is 119 cm³/mol. The first-order valence-corrected chi connectivity index (χ1v) is 11.3. The molecular formula is C24H33N3O4. The third kappa shape index (κ3) is 4.48. The van der Waals surface area contributed by atoms with Crippen LogP contribution in [0.3, 0.4) is 0 Å². The van der Waals surface area contributed by atoms with Crippen molar-refractivity contribution in [1.82, 2.24) is 14.4 Å². The van der Waals surface area contributed by atoms with Crippen LogP contribution in [0.1, 0.15) is 31.2 Å². The molecule has 1 amide bonds. The molecule has 4 atom stereocenters. The maximum atomic E-state index is 13.1. The van der Waals surface area contributed by atoms with Gasteiger partial charge in [0.05, 0.1) is 12.5 Å². The van der Waals surface area contributed by atoms with Gasteiger partial charge in [-0.3, -0.25) is 14.5 Å². The molecular weight excluding hydrogens is 394 g/mol. The SMILES string of the molecule is Cn1cc(CC(=O)N2C[C@H]3C[C@@H](N4CCCC4)[C@H](O)C[C@H]3C2)c2ccccc21.O=CO. The molecule has 1 saturated carbocycles. The number of fused-ring (bicyclic) bond motifs is 2. The summed E-state index contributed by atoms with van der Waals surface area (Å²) >= 11 is 0. The highest BCUT2D eigenvalue weighted by Gasteiger charge is 2.44. The lowest BCUT2D eigenvalue weighted by Gasteiger charge is -2.40. The molecule has 168 valence electrons. The Hall–Kier alpha value is -2.38. The van der Waals surface area contributed by atoms with E-state index >= 15 is 0 Å². The summed E-state index contributed by atoms with van der Waals surface area (Å²) in [7, 11) is 2.04. The molecule has 1 aromatic heterocycles. The number of para-hydroxylation sites is 1. The monoisotopic (exact) mass is 427 g/mol. The summed E-state index contributed by atoms with van der Waals surface area (Å²) in [6.45, 7) is 3.69. The van der Waals surface area contributed by atoms with Gasteiger partial charge in [-0.05, 0) is 62.2 Å². The fraction of sp³-hybridized carbons (Fsp3) is 0.583. The molecule has 0 bridgehead atoms. The molecule has 0 radical (unpaired) electrons. The van der Waals surface area contributed by atoms with E-state index in [0.717, 1.165) is 44.6 Å². The van der Waals surface area contributed by atoms with Crippen molar-refractivity contribution < 1.29 is 19.8 Å². The van der Waals surface area contributed by atoms with Gasteiger partial charge in [0.25, 0.3) is 6.47 Å². The molecule has 5 rings (SSSR count). The predicted octanol–water partition coefficient (Wildman–Crippen LogP) is 2.12. The number of aliphatic hydroxyl groups excluding tert-OH is 1. The molecule has 2 aliphatic heterocycles. The Morgan fingerprint density at radius 1 is 1.13 bits per heavy atom. The molecule has 31 heavy (non-hydrogen) atoms. The number of amides is 1. The minimum atomic E-state index is -0.250. The Bertz CT molecular complexity index is 921. The van der Waals surface area contributed by atoms with Crippen LogP contribution < -0.4 is 0 Å². The van der Waals surface area contributed by atoms with Gasteiger partial charge in [0.1, 0.15) is 0 Å². The Morgan fingerprint density at radius 2 is 1.77 bits per heavy atom. The van der Waals surface area contributed by atoms with Crippen LogP contribution in [0.2, 0.25) is 0 Å². The zero-order valence-electron chi connectivity index (χ0n) is 18.2. The van der Waals surface area contributed by atoms with Gasteiger partial charge in [-0.1, -0.05) is 18.2 Å². The minimum Gasteiger partial charge on any atom is -0.483 e. The number of carboxylic acid groups (broad SMARTS) is 1. The number of aromatic nitrogens is 1. The molecule has 3 fully saturated rings. The molecule has 7 heteroatoms. The standard InChI is InChI=1S/C23H31N3O2.CH2O2/c1-24-13-18(19-6-2-3-7-20(19)24)12-23(28)26-14-16-10-21(25-8-4-5-9-25)22(27)11-17(16)15-26;2-1-3/h2-3,6-7,13,16-17,21-22,27H,4-5,8-12,14-15H2,1H3;1H,(H,2,3)/t16-,17+,21-,22-;/m1./s1. The summed E-state index contributed by atoms with van der Waals surface area (Å²) in [6.07, 6.45) is 6.75. The number of benzene rings is 1. The Balaban J connectivity index is 0.000000730. The van der Waals surface area contributed by atoms with Crippen molar-refractivity contribution in [3.63, 3.8) is 0 Å². The summed E-state index contributed by atoms with van der Waals surface area (Å²) in [5.74, 6) is 1.24. The second-order valence-electron chi connectivity index (χ2n) is 9.23. The minimum absolute atomic E-state index is 0.229. The van der Waals surface area contributed by atoms with Crippen molar-refractivity contribution in [2.45, 2.75) is 44.2 Å². The number of likely N-dealkylation sites (tertiary alicyclic amines) is 2. The topological polar surface area (TPSA) is 86.0 Å². The van der Waals surface area contributed by atoms with Gasteiger partial charge in [0.2, 0.25) is 5.91 Å². The molecule has 3 heterocycles. The number of nitrogens with zero attached hydrogens (tertiary/aromatic N) is 3. The highest BCUT2D eigenvalue weighted by Crippen LogP contribution is 2.39. The molecule has 2 saturated heterocycles. The van der Waals surface area contributed by atoms with Gasteiger partial charge < -0.3 is 19.7 Å². The summed E-state index contributed by atoms with van der Waals surface area (Å²) in [6, 6.07) is 8.60. The lowest BCUT2D eigenvalue weighted by molar-refractivity contribution is -0.129. The van der Waals surface area contributed by atoms with Crippen molar-refractivity contribution in [1.29, 1.82) is 0 Å². The highest BCUT2D eigenvalue weighted by molar-refractivity contribution is 5.89. The quantitative estimate of drug-likeness (QED) is 0.733. The normalized spacial score (nSPS) is 28.3. The third-order valence-corrected chi connectivity index (χ3v) is 7.39. The number of aliphatic hydroxyl groups is 1. The lowest BCUT2D eigenvalue weighted by Crippen LogP contribution is -2.48. The fourth-order valence-electron chi connectivity index (χ4n) is 5.92. The smallest absolute Gasteiger partial charge is 0.290 e. The Labute approximate surface area is 183 Å². The highest BCUT2D eigenvalue weighted by atomic mass is 16.3. The van der Waals surface area contributed by atoms with Crippen LogP contribution in [0.25, 0.3) is 10.9 Å². The van der Waals surface area contributed by atoms with Crippen LogP contribution in [0.5, 0.6) is 0 Å². The molecule has 1 aromatic carbocycles. The van der Waals surface area contributed by atoms with Crippen LogP contribution in [0.15, 0.2) is 30.5 Å². The molecule has 0 spiro atoms. The van der Waals surface area contributed by atoms with Crippen LogP contribution in [0, 0.1) is 11.8 Å². The van der Waals surface area contributed by atoms with E-state index in [9.17, 15) is 9.90 Å². The van der Waals surface area contributed by atoms with E-state index in [2.05, 4.69) is 32.7 Å². The van der Waals surface area contributed by atoms with Crippen LogP contribution >= 0.6 is 0 Å². The van der Waals surface area contributed by atoms with E-state index in [1.807, 2.05) is 19.2 Å². The molecule has 2 aromatic rings. The van der Waals surface area contributed by atoms with Gasteiger partial charge in [-0.15, -0.1) is 0 Å². The second-order valence-corrected chi connectivity index (χ2v) is 9.23. The number of aryl methyl sites for hydroxylation is 1. The summed E-state index contributed by atoms with van der Waals surface area (Å²) in [4.78, 5) is 26.0. The second kappa shape index (κ2) is 9.40. The molecule has 3 aliphatic rings. The zero-order valence-corrected chi connectivity index (χ0v) is 18.2. The van der Waals surface area contributed by atoms with E-state index in [1.54, 1.807) is 0 Å². The number of hydrogen-bond donors (Lipinski definition) is 2. The number of hydrogen-bond acceptors (Lipinski definition) is 4. The molecule has 7 nitrogen and oxygen atoms in total. The van der Waals surface area contributed by atoms with Gasteiger partial charge in [0, 0.05) is 43.3 Å². The van der Waals surface area contributed by atoms with Gasteiger partial charge in [0.15, 0.2) is 0 Å². The fourth-order valence-corrected chi connectivity index (χ4v) is 5.92. The van der Waals surface area contributed by atoms with Crippen molar-refractivity contribution >= 4 is 23.3 Å². The number of rotatable bonds is 3. The number of carbonyl (C=O) groups is 2. The summed E-state index contributed by atoms with van der Waals surface area (Å²) in [5, 5.41) is 18.8. The lowest BCUT2D eigenvalue weighted by atomic mass is 9.77. The first kappa shape index (κ1) is 21.8. The largest absolute Gasteiger partial charge is 0.483 e. The van der Waals surface area contributed by atoms with Crippen molar-refractivity contribution in [2.75, 3.05) is 26.2 Å². The zero-order chi connectivity index (χ0) is 22.0. The van der Waals surface area contributed by atoms with Crippen LogP contribution in [-0.2, 0) is 23.1 Å². The molecule has 2 N–H and O–H groups in total. The van der Waals surface area contributed by atoms with Gasteiger partial charge in [-0.2, -0.15) is 0 Å². The molecule has 0 unspecified atom stereocenters. The third-order valence-electron chi connectivity index (χ3n) is 7.39. The summed E-state index contributed by atoms with van der Waals surface area (Å²) in [5.41, 5.74) is 2.30. The first-order valence-electron chi connectivity index (χ1n) is 11.3. The van der Waals surface area contributed by atoms with Crippen LogP contribution in [-0.4, -0.2) is 75.3 Å². The van der Waals surface area contributed by atoms with Crippen molar-refractivity contribution in [3.05, 3.63) is 36.0 Å². The van der Waals surface area contributed by atoms with E-state index in [-0.39, 0.29) is 18.5 Å². The van der Waals surface area contributed by atoms with Gasteiger partial charge >= 0.3 is 0 Å².